The van der Waals surface area contributed by atoms with Crippen LogP contribution in [-0.4, -0.2) is 11.5 Å². The van der Waals surface area contributed by atoms with Crippen molar-refractivity contribution in [1.29, 1.82) is 0 Å². The molecule has 0 saturated heterocycles. The lowest BCUT2D eigenvalue weighted by Gasteiger charge is -2.11. The zero-order valence-corrected chi connectivity index (χ0v) is 9.16. The molecule has 0 atom stereocenters. The molecule has 1 aliphatic carbocycles. The summed E-state index contributed by atoms with van der Waals surface area (Å²) in [6, 6.07) is 0. The predicted molar refractivity (Wildman–Crippen MR) is 58.9 cm³/mol. The summed E-state index contributed by atoms with van der Waals surface area (Å²) in [5.74, 6) is 1.54. The van der Waals surface area contributed by atoms with E-state index in [1.54, 1.807) is 11.8 Å². The number of hydrogen-bond acceptors (Lipinski definition) is 2. The van der Waals surface area contributed by atoms with Gasteiger partial charge in [-0.1, -0.05) is 13.3 Å². The maximum absolute atomic E-state index is 11.4. The highest BCUT2D eigenvalue weighted by Gasteiger charge is 2.13. The van der Waals surface area contributed by atoms with Crippen LogP contribution in [0.2, 0.25) is 0 Å². The molecule has 0 unspecified atom stereocenters. The van der Waals surface area contributed by atoms with Gasteiger partial charge in [-0.05, 0) is 36.8 Å². The molecule has 0 aromatic rings. The molecule has 0 aliphatic heterocycles. The van der Waals surface area contributed by atoms with E-state index in [9.17, 15) is 4.79 Å². The third-order valence-electron chi connectivity index (χ3n) is 2.30. The van der Waals surface area contributed by atoms with Gasteiger partial charge in [-0.3, -0.25) is 4.79 Å². The number of carbonyl (C=O) groups is 1. The minimum Gasteiger partial charge on any atom is -0.295 e. The monoisotopic (exact) mass is 198 g/mol. The van der Waals surface area contributed by atoms with Gasteiger partial charge in [0.2, 0.25) is 0 Å². The summed E-state index contributed by atoms with van der Waals surface area (Å²) in [4.78, 5) is 11.4. The van der Waals surface area contributed by atoms with Gasteiger partial charge in [-0.2, -0.15) is 0 Å². The Kier molecular flexibility index (Phi) is 5.21. The van der Waals surface area contributed by atoms with Crippen LogP contribution in [-0.2, 0) is 4.79 Å². The molecule has 13 heavy (non-hydrogen) atoms. The number of rotatable bonds is 4. The first-order valence-corrected chi connectivity index (χ1v) is 6.23. The Morgan fingerprint density at radius 3 is 2.85 bits per heavy atom. The number of unbranched alkanes of at least 4 members (excludes halogenated alkanes) is 1. The molecule has 1 nitrogen and oxygen atoms in total. The minimum absolute atomic E-state index is 0.384. The summed E-state index contributed by atoms with van der Waals surface area (Å²) < 4.78 is 0. The topological polar surface area (TPSA) is 17.1 Å². The highest BCUT2D eigenvalue weighted by Crippen LogP contribution is 2.22. The molecule has 1 rings (SSSR count). The van der Waals surface area contributed by atoms with Crippen molar-refractivity contribution >= 4 is 17.5 Å². The van der Waals surface area contributed by atoms with Gasteiger partial charge in [0, 0.05) is 12.0 Å². The van der Waals surface area contributed by atoms with E-state index in [1.807, 2.05) is 0 Å². The largest absolute Gasteiger partial charge is 0.295 e. The van der Waals surface area contributed by atoms with Crippen LogP contribution < -0.4 is 0 Å². The van der Waals surface area contributed by atoms with Crippen molar-refractivity contribution in [3.8, 4) is 0 Å². The van der Waals surface area contributed by atoms with Crippen molar-refractivity contribution in [3.63, 3.8) is 0 Å². The van der Waals surface area contributed by atoms with Crippen LogP contribution in [0.25, 0.3) is 0 Å². The van der Waals surface area contributed by atoms with Crippen molar-refractivity contribution in [2.75, 3.05) is 5.75 Å². The van der Waals surface area contributed by atoms with Gasteiger partial charge in [-0.25, -0.2) is 0 Å². The lowest BCUT2D eigenvalue weighted by Crippen LogP contribution is -2.07. The molecule has 0 radical (unpaired) electrons. The number of ketones is 1. The highest BCUT2D eigenvalue weighted by molar-refractivity contribution is 8.02. The summed E-state index contributed by atoms with van der Waals surface area (Å²) in [6.07, 6.45) is 6.58. The van der Waals surface area contributed by atoms with Crippen LogP contribution in [0.3, 0.4) is 0 Å². The summed E-state index contributed by atoms with van der Waals surface area (Å²) in [6.45, 7) is 2.19. The molecule has 74 valence electrons. The van der Waals surface area contributed by atoms with Crippen LogP contribution in [0.4, 0.5) is 0 Å². The summed E-state index contributed by atoms with van der Waals surface area (Å²) in [5, 5.41) is 2.09. The fraction of sp³-hybridized carbons (Fsp3) is 0.727. The van der Waals surface area contributed by atoms with E-state index in [4.69, 9.17) is 0 Å². The Hall–Kier alpha value is -0.240. The first-order chi connectivity index (χ1) is 6.34. The lowest BCUT2D eigenvalue weighted by molar-refractivity contribution is -0.116. The molecule has 0 amide bonds. The van der Waals surface area contributed by atoms with Crippen molar-refractivity contribution < 1.29 is 4.79 Å². The van der Waals surface area contributed by atoms with Crippen LogP contribution in [0.5, 0.6) is 0 Å². The van der Waals surface area contributed by atoms with Gasteiger partial charge in [0.25, 0.3) is 0 Å². The first kappa shape index (κ1) is 10.8. The van der Waals surface area contributed by atoms with E-state index >= 15 is 0 Å². The molecule has 0 spiro atoms. The second-order valence-electron chi connectivity index (χ2n) is 3.50. The zero-order chi connectivity index (χ0) is 9.52. The van der Waals surface area contributed by atoms with Crippen molar-refractivity contribution in [3.05, 3.63) is 11.0 Å². The summed E-state index contributed by atoms with van der Waals surface area (Å²) >= 11 is 1.81. The third-order valence-corrected chi connectivity index (χ3v) is 3.28. The fourth-order valence-corrected chi connectivity index (χ4v) is 2.44. The Morgan fingerprint density at radius 2 is 2.15 bits per heavy atom. The average molecular weight is 198 g/mol. The van der Waals surface area contributed by atoms with Gasteiger partial charge >= 0.3 is 0 Å². The zero-order valence-electron chi connectivity index (χ0n) is 8.34. The molecule has 0 bridgehead atoms. The molecule has 1 fully saturated rings. The number of Topliss-reactive ketones (excluding diaryl/α,β-unsaturated/α-hetero) is 1. The second-order valence-corrected chi connectivity index (χ2v) is 4.48. The van der Waals surface area contributed by atoms with E-state index < -0.39 is 0 Å². The van der Waals surface area contributed by atoms with Crippen LogP contribution >= 0.6 is 11.8 Å². The standard InChI is InChI=1S/C11H18OS/c1-2-3-8-13-9-10-6-4-5-7-11(10)12/h9H,2-8H2,1H3/b10-9-. The molecule has 0 aromatic carbocycles. The Morgan fingerprint density at radius 1 is 1.38 bits per heavy atom. The third kappa shape index (κ3) is 3.99. The minimum atomic E-state index is 0.384. The highest BCUT2D eigenvalue weighted by atomic mass is 32.2. The maximum atomic E-state index is 11.4. The van der Waals surface area contributed by atoms with Crippen molar-refractivity contribution in [2.24, 2.45) is 0 Å². The smallest absolute Gasteiger partial charge is 0.159 e. The Labute approximate surface area is 85.0 Å². The van der Waals surface area contributed by atoms with E-state index in [0.29, 0.717) is 5.78 Å². The summed E-state index contributed by atoms with van der Waals surface area (Å²) in [5.41, 5.74) is 1.08. The van der Waals surface area contributed by atoms with Gasteiger partial charge in [0.15, 0.2) is 5.78 Å². The normalized spacial score (nSPS) is 21.0. The quantitative estimate of drug-likeness (QED) is 0.507. The molecular weight excluding hydrogens is 180 g/mol. The molecule has 0 aromatic heterocycles. The number of thioether (sulfide) groups is 1. The van der Waals surface area contributed by atoms with E-state index in [0.717, 1.165) is 30.6 Å². The van der Waals surface area contributed by atoms with Crippen LogP contribution in [0, 0.1) is 0 Å². The molecule has 1 aliphatic rings. The van der Waals surface area contributed by atoms with Crippen molar-refractivity contribution in [2.45, 2.75) is 45.4 Å². The Balaban J connectivity index is 2.27. The van der Waals surface area contributed by atoms with Crippen LogP contribution in [0.15, 0.2) is 11.0 Å². The molecule has 2 heteroatoms. The average Bonchev–Trinajstić information content (AvgIpc) is 2.15. The molecule has 0 N–H and O–H groups in total. The second kappa shape index (κ2) is 6.25. The molecule has 0 heterocycles. The number of carbonyl (C=O) groups excluding carboxylic acids is 1. The SMILES string of the molecule is CCCCS/C=C1/CCCCC1=O. The summed E-state index contributed by atoms with van der Waals surface area (Å²) in [7, 11) is 0. The van der Waals surface area contributed by atoms with Gasteiger partial charge < -0.3 is 0 Å². The number of hydrogen-bond donors (Lipinski definition) is 0. The molecule has 1 saturated carbocycles. The first-order valence-electron chi connectivity index (χ1n) is 5.18. The van der Waals surface area contributed by atoms with E-state index in [-0.39, 0.29) is 0 Å². The predicted octanol–water partition coefficient (Wildman–Crippen LogP) is 3.55. The number of allylic oxidation sites excluding steroid dienone is 1. The van der Waals surface area contributed by atoms with E-state index in [2.05, 4.69) is 12.3 Å². The van der Waals surface area contributed by atoms with E-state index in [1.165, 1.54) is 19.3 Å². The van der Waals surface area contributed by atoms with Crippen molar-refractivity contribution in [1.82, 2.24) is 0 Å². The van der Waals surface area contributed by atoms with Gasteiger partial charge in [0.05, 0.1) is 0 Å². The fourth-order valence-electron chi connectivity index (χ4n) is 1.41. The van der Waals surface area contributed by atoms with Gasteiger partial charge in [0.1, 0.15) is 0 Å². The Bertz CT molecular complexity index is 196. The molecular formula is C11H18OS. The van der Waals surface area contributed by atoms with Crippen LogP contribution in [0.1, 0.15) is 45.4 Å². The maximum Gasteiger partial charge on any atom is 0.159 e. The van der Waals surface area contributed by atoms with Gasteiger partial charge in [-0.15, -0.1) is 11.8 Å². The lowest BCUT2D eigenvalue weighted by atomic mass is 9.95.